The minimum Gasteiger partial charge on any atom is -0.452 e. The number of hydrogen-bond donors (Lipinski definition) is 0. The largest absolute Gasteiger partial charge is 0.452 e. The summed E-state index contributed by atoms with van der Waals surface area (Å²) in [5.74, 6) is -1.70. The summed E-state index contributed by atoms with van der Waals surface area (Å²) in [5, 5.41) is 2.62. The molecule has 64 heavy (non-hydrogen) atoms. The first-order valence-corrected chi connectivity index (χ1v) is 24.3. The van der Waals surface area contributed by atoms with E-state index in [1.54, 1.807) is 146 Å². The van der Waals surface area contributed by atoms with Gasteiger partial charge in [-0.3, -0.25) is 0 Å². The molecule has 10 nitrogen and oxygen atoms in total. The van der Waals surface area contributed by atoms with Crippen molar-refractivity contribution in [3.05, 3.63) is 217 Å². The van der Waals surface area contributed by atoms with E-state index in [1.165, 1.54) is 7.11 Å². The predicted molar refractivity (Wildman–Crippen MR) is 246 cm³/mol. The van der Waals surface area contributed by atoms with Crippen LogP contribution in [0.4, 0.5) is 0 Å². The fourth-order valence-corrected chi connectivity index (χ4v) is 14.1. The number of ether oxygens (including phenoxy) is 6. The van der Waals surface area contributed by atoms with E-state index in [4.69, 9.17) is 28.4 Å². The third-order valence-electron chi connectivity index (χ3n) is 11.5. The lowest BCUT2D eigenvalue weighted by Gasteiger charge is -2.47. The molecule has 6 atom stereocenters. The van der Waals surface area contributed by atoms with Gasteiger partial charge in [-0.15, -0.1) is 0 Å². The van der Waals surface area contributed by atoms with Crippen LogP contribution in [0.5, 0.6) is 0 Å². The summed E-state index contributed by atoms with van der Waals surface area (Å²) in [5.41, 5.74) is 0.786. The van der Waals surface area contributed by atoms with E-state index in [1.807, 2.05) is 54.6 Å². The summed E-state index contributed by atoms with van der Waals surface area (Å²) in [6.07, 6.45) is -6.85. The van der Waals surface area contributed by atoms with Crippen molar-refractivity contribution in [3.8, 4) is 0 Å². The van der Waals surface area contributed by atoms with Crippen LogP contribution in [0.15, 0.2) is 200 Å². The maximum Gasteiger partial charge on any atom is 0.339 e. The van der Waals surface area contributed by atoms with Gasteiger partial charge in [-0.05, 0) is 24.3 Å². The monoisotopic (exact) mass is 890 g/mol. The van der Waals surface area contributed by atoms with E-state index in [9.17, 15) is 9.59 Å². The van der Waals surface area contributed by atoms with Gasteiger partial charge in [0.15, 0.2) is 39.1 Å². The normalized spacial score (nSPS) is 21.0. The van der Waals surface area contributed by atoms with Crippen LogP contribution in [-0.4, -0.2) is 56.4 Å². The Labute approximate surface area is 371 Å². The Morgan fingerprint density at radius 3 is 1.28 bits per heavy atom. The lowest BCUT2D eigenvalue weighted by molar-refractivity contribution is -0.356. The molecule has 0 aliphatic carbocycles. The number of carbonyl (C=O) groups excluding carboxylic acids is 2. The molecule has 0 saturated carbocycles. The van der Waals surface area contributed by atoms with Crippen molar-refractivity contribution in [2.45, 2.75) is 37.0 Å². The van der Waals surface area contributed by atoms with Crippen LogP contribution in [0.2, 0.25) is 0 Å². The van der Waals surface area contributed by atoms with Gasteiger partial charge in [0.25, 0.3) is 0 Å². The molecule has 0 spiro atoms. The first-order valence-electron chi connectivity index (χ1n) is 20.8. The highest BCUT2D eigenvalue weighted by Crippen LogP contribution is 2.45. The van der Waals surface area contributed by atoms with E-state index < -0.39 is 63.2 Å². The van der Waals surface area contributed by atoms with Crippen molar-refractivity contribution in [1.29, 1.82) is 0 Å². The first-order chi connectivity index (χ1) is 31.3. The van der Waals surface area contributed by atoms with Crippen LogP contribution >= 0.6 is 14.3 Å². The maximum atomic E-state index is 15.7. The SMILES string of the molecule is CO[C@H]1O[C@@H]2COC(c3ccccc3)O[C@@H]2[C@H](OC(=O)c2ccccc2P(=O)(c2ccccc2)c2ccccc2)[C@H]1OC(=O)c1ccccc1P(=O)(c1ccccc1)c1ccccc1. The summed E-state index contributed by atoms with van der Waals surface area (Å²) in [4.78, 5) is 29.8. The minimum atomic E-state index is -3.68. The van der Waals surface area contributed by atoms with Crippen molar-refractivity contribution in [2.75, 3.05) is 13.7 Å². The van der Waals surface area contributed by atoms with E-state index in [-0.39, 0.29) is 28.3 Å². The predicted octanol–water partition coefficient (Wildman–Crippen LogP) is 7.20. The second-order valence-electron chi connectivity index (χ2n) is 15.3. The van der Waals surface area contributed by atoms with Crippen molar-refractivity contribution < 1.29 is 47.1 Å². The maximum absolute atomic E-state index is 15.7. The Balaban J connectivity index is 1.13. The molecule has 12 heteroatoms. The zero-order valence-corrected chi connectivity index (χ0v) is 36.5. The molecule has 322 valence electrons. The fourth-order valence-electron chi connectivity index (χ4n) is 8.40. The van der Waals surface area contributed by atoms with Crippen molar-refractivity contribution in [2.24, 2.45) is 0 Å². The number of methoxy groups -OCH3 is 1. The van der Waals surface area contributed by atoms with Crippen LogP contribution in [-0.2, 0) is 37.6 Å². The number of esters is 2. The lowest BCUT2D eigenvalue weighted by Crippen LogP contribution is -2.64. The molecule has 1 unspecified atom stereocenters. The Kier molecular flexibility index (Phi) is 12.7. The summed E-state index contributed by atoms with van der Waals surface area (Å²) in [6.45, 7) is 0.0206. The summed E-state index contributed by atoms with van der Waals surface area (Å²) in [6, 6.07) is 58.5. The highest BCUT2D eigenvalue weighted by molar-refractivity contribution is 7.86. The third-order valence-corrected chi connectivity index (χ3v) is 17.7. The molecule has 2 aliphatic rings. The van der Waals surface area contributed by atoms with Gasteiger partial charge in [0.05, 0.1) is 17.7 Å². The number of rotatable bonds is 12. The molecule has 0 amide bonds. The molecular formula is C52H44O10P2. The molecule has 7 aromatic rings. The van der Waals surface area contributed by atoms with Gasteiger partial charge in [-0.2, -0.15) is 0 Å². The fraction of sp³-hybridized carbons (Fsp3) is 0.154. The molecule has 0 radical (unpaired) electrons. The van der Waals surface area contributed by atoms with Crippen LogP contribution in [0.25, 0.3) is 0 Å². The topological polar surface area (TPSA) is 124 Å². The van der Waals surface area contributed by atoms with E-state index in [2.05, 4.69) is 0 Å². The molecule has 9 rings (SSSR count). The van der Waals surface area contributed by atoms with Gasteiger partial charge in [0.2, 0.25) is 0 Å². The quantitative estimate of drug-likeness (QED) is 0.0920. The smallest absolute Gasteiger partial charge is 0.339 e. The second-order valence-corrected chi connectivity index (χ2v) is 20.8. The highest BCUT2D eigenvalue weighted by Gasteiger charge is 2.54. The van der Waals surface area contributed by atoms with Crippen molar-refractivity contribution >= 4 is 58.0 Å². The van der Waals surface area contributed by atoms with Gasteiger partial charge in [0, 0.05) is 44.5 Å². The van der Waals surface area contributed by atoms with Crippen LogP contribution in [0, 0.1) is 0 Å². The van der Waals surface area contributed by atoms with Gasteiger partial charge < -0.3 is 37.6 Å². The lowest BCUT2D eigenvalue weighted by atomic mass is 9.97. The van der Waals surface area contributed by atoms with Crippen LogP contribution < -0.4 is 31.8 Å². The van der Waals surface area contributed by atoms with Crippen molar-refractivity contribution in [3.63, 3.8) is 0 Å². The third kappa shape index (κ3) is 8.21. The zero-order valence-electron chi connectivity index (χ0n) is 34.7. The van der Waals surface area contributed by atoms with Gasteiger partial charge in [0.1, 0.15) is 12.2 Å². The van der Waals surface area contributed by atoms with Crippen molar-refractivity contribution in [1.82, 2.24) is 0 Å². The minimum absolute atomic E-state index is 0.0206. The number of benzene rings is 7. The molecule has 2 fully saturated rings. The summed E-state index contributed by atoms with van der Waals surface area (Å²) < 4.78 is 69.2. The van der Waals surface area contributed by atoms with Crippen LogP contribution in [0.1, 0.15) is 32.6 Å². The second kappa shape index (κ2) is 18.9. The van der Waals surface area contributed by atoms with E-state index >= 15 is 9.13 Å². The Morgan fingerprint density at radius 2 is 0.859 bits per heavy atom. The molecule has 0 N–H and O–H groups in total. The number of hydrogen-bond acceptors (Lipinski definition) is 10. The molecular weight excluding hydrogens is 847 g/mol. The van der Waals surface area contributed by atoms with E-state index in [0.717, 1.165) is 0 Å². The molecule has 2 heterocycles. The average Bonchev–Trinajstić information content (AvgIpc) is 3.37. The number of carbonyl (C=O) groups is 2. The Bertz CT molecular complexity index is 2720. The van der Waals surface area contributed by atoms with E-state index in [0.29, 0.717) is 26.8 Å². The molecule has 0 bridgehead atoms. The van der Waals surface area contributed by atoms with Gasteiger partial charge in [-0.1, -0.05) is 176 Å². The standard InChI is InChI=1S/C52H44O10P2/c1-57-52-48(61-50(54)42-32-18-20-34-45(42)64(56,39-27-13-5-14-28-39)40-29-15-6-16-30-40)47(46-43(59-52)35-58-51(62-46)36-21-7-2-8-22-36)60-49(53)41-31-17-19-33-44(41)63(55,37-23-9-3-10-24-37)38-25-11-4-12-26-38/h2-34,43,46-48,51-52H,35H2,1H3/t43-,46+,47+,48-,51?,52+/m1/s1. The van der Waals surface area contributed by atoms with Gasteiger partial charge in [-0.25, -0.2) is 9.59 Å². The number of fused-ring (bicyclic) bond motifs is 1. The average molecular weight is 891 g/mol. The Morgan fingerprint density at radius 1 is 0.484 bits per heavy atom. The molecule has 0 aromatic heterocycles. The Hall–Kier alpha value is -6.22. The molecule has 7 aromatic carbocycles. The summed E-state index contributed by atoms with van der Waals surface area (Å²) in [7, 11) is -5.97. The first kappa shape index (κ1) is 43.1. The van der Waals surface area contributed by atoms with Gasteiger partial charge >= 0.3 is 11.9 Å². The summed E-state index contributed by atoms with van der Waals surface area (Å²) >= 11 is 0. The molecule has 2 aliphatic heterocycles. The van der Waals surface area contributed by atoms with Crippen LogP contribution in [0.3, 0.4) is 0 Å². The molecule has 2 saturated heterocycles. The zero-order chi connectivity index (χ0) is 44.1. The highest BCUT2D eigenvalue weighted by atomic mass is 31.2.